The van der Waals surface area contributed by atoms with Crippen molar-refractivity contribution in [1.82, 2.24) is 9.55 Å². The SMILES string of the molecule is CSCCC(C)Nc1nccn(C(C)C)c1=O. The summed E-state index contributed by atoms with van der Waals surface area (Å²) in [5.41, 5.74) is -0.0431. The highest BCUT2D eigenvalue weighted by atomic mass is 32.2. The summed E-state index contributed by atoms with van der Waals surface area (Å²) in [4.78, 5) is 16.2. The molecule has 0 bridgehead atoms. The van der Waals surface area contributed by atoms with Crippen molar-refractivity contribution in [3.8, 4) is 0 Å². The number of hydrogen-bond acceptors (Lipinski definition) is 4. The van der Waals surface area contributed by atoms with Gasteiger partial charge in [0, 0.05) is 24.5 Å². The molecule has 1 atom stereocenters. The van der Waals surface area contributed by atoms with E-state index in [-0.39, 0.29) is 17.6 Å². The lowest BCUT2D eigenvalue weighted by Gasteiger charge is -2.15. The van der Waals surface area contributed by atoms with Crippen LogP contribution in [0.5, 0.6) is 0 Å². The van der Waals surface area contributed by atoms with Crippen molar-refractivity contribution >= 4 is 17.6 Å². The van der Waals surface area contributed by atoms with Crippen LogP contribution in [0.3, 0.4) is 0 Å². The number of anilines is 1. The molecular weight excluding hydrogens is 234 g/mol. The Morgan fingerprint density at radius 3 is 2.76 bits per heavy atom. The van der Waals surface area contributed by atoms with Crippen LogP contribution in [0.4, 0.5) is 5.82 Å². The summed E-state index contributed by atoms with van der Waals surface area (Å²) in [5, 5.41) is 3.18. The molecule has 17 heavy (non-hydrogen) atoms. The van der Waals surface area contributed by atoms with Crippen LogP contribution in [0, 0.1) is 0 Å². The number of aromatic nitrogens is 2. The van der Waals surface area contributed by atoms with E-state index in [9.17, 15) is 4.79 Å². The molecule has 96 valence electrons. The van der Waals surface area contributed by atoms with E-state index in [1.54, 1.807) is 17.0 Å². The number of thioether (sulfide) groups is 1. The monoisotopic (exact) mass is 255 g/mol. The van der Waals surface area contributed by atoms with Gasteiger partial charge in [0.2, 0.25) is 0 Å². The fourth-order valence-electron chi connectivity index (χ4n) is 1.53. The first-order valence-corrected chi connectivity index (χ1v) is 7.28. The van der Waals surface area contributed by atoms with E-state index in [1.807, 2.05) is 25.6 Å². The number of nitrogens with zero attached hydrogens (tertiary/aromatic N) is 2. The molecule has 0 saturated carbocycles. The first kappa shape index (κ1) is 14.1. The molecule has 0 radical (unpaired) electrons. The Hall–Kier alpha value is -0.970. The Balaban J connectivity index is 2.78. The Labute approximate surface area is 107 Å². The summed E-state index contributed by atoms with van der Waals surface area (Å²) in [6, 6.07) is 0.429. The second-order valence-electron chi connectivity index (χ2n) is 4.41. The van der Waals surface area contributed by atoms with Crippen molar-refractivity contribution in [3.63, 3.8) is 0 Å². The van der Waals surface area contributed by atoms with Gasteiger partial charge in [0.05, 0.1) is 0 Å². The molecule has 5 heteroatoms. The first-order valence-electron chi connectivity index (χ1n) is 5.89. The zero-order valence-corrected chi connectivity index (χ0v) is 11.8. The van der Waals surface area contributed by atoms with Gasteiger partial charge in [-0.1, -0.05) is 0 Å². The van der Waals surface area contributed by atoms with E-state index >= 15 is 0 Å². The lowest BCUT2D eigenvalue weighted by Crippen LogP contribution is -2.29. The van der Waals surface area contributed by atoms with E-state index in [0.717, 1.165) is 12.2 Å². The lowest BCUT2D eigenvalue weighted by atomic mass is 10.2. The van der Waals surface area contributed by atoms with Crippen molar-refractivity contribution in [3.05, 3.63) is 22.7 Å². The van der Waals surface area contributed by atoms with Crippen LogP contribution in [0.2, 0.25) is 0 Å². The average Bonchev–Trinajstić information content (AvgIpc) is 2.28. The lowest BCUT2D eigenvalue weighted by molar-refractivity contribution is 0.574. The molecule has 1 N–H and O–H groups in total. The first-order chi connectivity index (χ1) is 8.06. The number of nitrogens with one attached hydrogen (secondary N) is 1. The molecule has 1 heterocycles. The third-order valence-electron chi connectivity index (χ3n) is 2.56. The van der Waals surface area contributed by atoms with Gasteiger partial charge in [-0.3, -0.25) is 4.79 Å². The molecular formula is C12H21N3OS. The summed E-state index contributed by atoms with van der Waals surface area (Å²) >= 11 is 1.81. The minimum absolute atomic E-state index is 0.0431. The predicted molar refractivity (Wildman–Crippen MR) is 75.0 cm³/mol. The van der Waals surface area contributed by atoms with Crippen LogP contribution >= 0.6 is 11.8 Å². The van der Waals surface area contributed by atoms with Crippen molar-refractivity contribution in [2.24, 2.45) is 0 Å². The van der Waals surface area contributed by atoms with Gasteiger partial charge in [0.1, 0.15) is 0 Å². The van der Waals surface area contributed by atoms with Crippen LogP contribution in [-0.4, -0.2) is 27.6 Å². The van der Waals surface area contributed by atoms with Crippen LogP contribution in [-0.2, 0) is 0 Å². The van der Waals surface area contributed by atoms with E-state index in [0.29, 0.717) is 5.82 Å². The highest BCUT2D eigenvalue weighted by molar-refractivity contribution is 7.98. The maximum Gasteiger partial charge on any atom is 0.293 e. The highest BCUT2D eigenvalue weighted by Gasteiger charge is 2.09. The minimum Gasteiger partial charge on any atom is -0.363 e. The Morgan fingerprint density at radius 1 is 1.47 bits per heavy atom. The molecule has 1 rings (SSSR count). The van der Waals surface area contributed by atoms with Crippen LogP contribution < -0.4 is 10.9 Å². The number of rotatable bonds is 6. The molecule has 0 aliphatic carbocycles. The summed E-state index contributed by atoms with van der Waals surface area (Å²) < 4.78 is 1.69. The van der Waals surface area contributed by atoms with Gasteiger partial charge in [-0.25, -0.2) is 4.98 Å². The smallest absolute Gasteiger partial charge is 0.293 e. The molecule has 0 fully saturated rings. The van der Waals surface area contributed by atoms with Crippen LogP contribution in [0.25, 0.3) is 0 Å². The topological polar surface area (TPSA) is 46.9 Å². The molecule has 1 unspecified atom stereocenters. The molecule has 0 aliphatic rings. The maximum absolute atomic E-state index is 12.1. The van der Waals surface area contributed by atoms with Crippen molar-refractivity contribution in [2.75, 3.05) is 17.3 Å². The maximum atomic E-state index is 12.1. The van der Waals surface area contributed by atoms with Gasteiger partial charge in [0.25, 0.3) is 5.56 Å². The van der Waals surface area contributed by atoms with E-state index < -0.39 is 0 Å². The zero-order valence-electron chi connectivity index (χ0n) is 10.9. The third-order valence-corrected chi connectivity index (χ3v) is 3.21. The molecule has 0 saturated heterocycles. The molecule has 0 aliphatic heterocycles. The third kappa shape index (κ3) is 4.07. The van der Waals surface area contributed by atoms with Crippen molar-refractivity contribution in [2.45, 2.75) is 39.3 Å². The Morgan fingerprint density at radius 2 is 2.18 bits per heavy atom. The number of hydrogen-bond donors (Lipinski definition) is 1. The highest BCUT2D eigenvalue weighted by Crippen LogP contribution is 2.06. The van der Waals surface area contributed by atoms with Crippen LogP contribution in [0.15, 0.2) is 17.2 Å². The van der Waals surface area contributed by atoms with E-state index in [2.05, 4.69) is 23.5 Å². The quantitative estimate of drug-likeness (QED) is 0.848. The van der Waals surface area contributed by atoms with Gasteiger partial charge in [-0.15, -0.1) is 0 Å². The van der Waals surface area contributed by atoms with Gasteiger partial charge in [-0.2, -0.15) is 11.8 Å². The van der Waals surface area contributed by atoms with Gasteiger partial charge < -0.3 is 9.88 Å². The van der Waals surface area contributed by atoms with Crippen molar-refractivity contribution in [1.29, 1.82) is 0 Å². The Bertz CT molecular complexity index is 403. The zero-order chi connectivity index (χ0) is 12.8. The van der Waals surface area contributed by atoms with E-state index in [1.165, 1.54) is 0 Å². The predicted octanol–water partition coefficient (Wildman–Crippen LogP) is 2.38. The molecule has 1 aromatic rings. The molecule has 4 nitrogen and oxygen atoms in total. The summed E-state index contributed by atoms with van der Waals surface area (Å²) in [5.74, 6) is 1.54. The molecule has 1 aromatic heterocycles. The van der Waals surface area contributed by atoms with Crippen molar-refractivity contribution < 1.29 is 0 Å². The summed E-state index contributed by atoms with van der Waals surface area (Å²) in [7, 11) is 0. The van der Waals surface area contributed by atoms with E-state index in [4.69, 9.17) is 0 Å². The minimum atomic E-state index is -0.0431. The Kier molecular flexibility index (Phi) is 5.55. The average molecular weight is 255 g/mol. The second kappa shape index (κ2) is 6.69. The molecule has 0 spiro atoms. The second-order valence-corrected chi connectivity index (χ2v) is 5.39. The normalized spacial score (nSPS) is 12.8. The standard InChI is InChI=1S/C12H21N3OS/c1-9(2)15-7-6-13-11(12(15)16)14-10(3)5-8-17-4/h6-7,9-10H,5,8H2,1-4H3,(H,13,14). The largest absolute Gasteiger partial charge is 0.363 e. The van der Waals surface area contributed by atoms with Gasteiger partial charge in [-0.05, 0) is 39.2 Å². The fourth-order valence-corrected chi connectivity index (χ4v) is 2.12. The van der Waals surface area contributed by atoms with Gasteiger partial charge >= 0.3 is 0 Å². The van der Waals surface area contributed by atoms with Gasteiger partial charge in [0.15, 0.2) is 5.82 Å². The molecule has 0 aromatic carbocycles. The summed E-state index contributed by atoms with van der Waals surface area (Å²) in [6.07, 6.45) is 6.51. The molecule has 0 amide bonds. The van der Waals surface area contributed by atoms with Crippen LogP contribution in [0.1, 0.15) is 33.2 Å². The summed E-state index contributed by atoms with van der Waals surface area (Å²) in [6.45, 7) is 6.05. The fraction of sp³-hybridized carbons (Fsp3) is 0.667.